The van der Waals surface area contributed by atoms with Crippen LogP contribution in [0.3, 0.4) is 0 Å². The van der Waals surface area contributed by atoms with Gasteiger partial charge in [-0.2, -0.15) is 0 Å². The molecule has 2 aliphatic rings. The fourth-order valence-corrected chi connectivity index (χ4v) is 3.18. The van der Waals surface area contributed by atoms with E-state index in [2.05, 4.69) is 10.2 Å². The third kappa shape index (κ3) is 2.63. The molecule has 1 saturated heterocycles. The van der Waals surface area contributed by atoms with Crippen molar-refractivity contribution in [3.05, 3.63) is 22.7 Å². The maximum absolute atomic E-state index is 11.7. The Morgan fingerprint density at radius 3 is 2.71 bits per heavy atom. The van der Waals surface area contributed by atoms with Crippen LogP contribution in [-0.4, -0.2) is 37.5 Å². The smallest absolute Gasteiger partial charge is 0.296 e. The number of nitrogens with zero attached hydrogens (tertiary/aromatic N) is 1. The van der Waals surface area contributed by atoms with E-state index in [9.17, 15) is 9.59 Å². The van der Waals surface area contributed by atoms with Gasteiger partial charge in [-0.1, -0.05) is 11.6 Å². The number of nitrogens with one attached hydrogen (secondary N) is 1. The van der Waals surface area contributed by atoms with Crippen molar-refractivity contribution in [2.75, 3.05) is 29.9 Å². The maximum Gasteiger partial charge on any atom is 0.296 e. The standard InChI is InChI=1S/C15H17ClN2O3/c1-2-21-9-3-5-18(6-4-9)13-8-12-10(7-11(13)16)14(19)15(20)17-12/h7-9H,2-6H2,1H3,(H,17,19,20). The average Bonchev–Trinajstić information content (AvgIpc) is 2.75. The number of carbonyl (C=O) groups is 2. The minimum atomic E-state index is -0.590. The highest BCUT2D eigenvalue weighted by Crippen LogP contribution is 2.36. The summed E-state index contributed by atoms with van der Waals surface area (Å²) in [4.78, 5) is 25.2. The Morgan fingerprint density at radius 1 is 1.33 bits per heavy atom. The number of ether oxygens (including phenoxy) is 1. The molecule has 6 heteroatoms. The predicted molar refractivity (Wildman–Crippen MR) is 81.3 cm³/mol. The number of fused-ring (bicyclic) bond motifs is 1. The Kier molecular flexibility index (Phi) is 3.87. The summed E-state index contributed by atoms with van der Waals surface area (Å²) in [6, 6.07) is 3.38. The fraction of sp³-hybridized carbons (Fsp3) is 0.467. The zero-order valence-corrected chi connectivity index (χ0v) is 12.6. The number of anilines is 2. The quantitative estimate of drug-likeness (QED) is 0.872. The summed E-state index contributed by atoms with van der Waals surface area (Å²) < 4.78 is 5.64. The Labute approximate surface area is 128 Å². The van der Waals surface area contributed by atoms with E-state index in [1.807, 2.05) is 6.92 Å². The normalized spacial score (nSPS) is 18.9. The summed E-state index contributed by atoms with van der Waals surface area (Å²) >= 11 is 6.29. The Morgan fingerprint density at radius 2 is 2.05 bits per heavy atom. The Hall–Kier alpha value is -1.59. The highest BCUT2D eigenvalue weighted by molar-refractivity contribution is 6.52. The van der Waals surface area contributed by atoms with Gasteiger partial charge in [0.15, 0.2) is 0 Å². The van der Waals surface area contributed by atoms with Gasteiger partial charge in [0.1, 0.15) is 0 Å². The van der Waals surface area contributed by atoms with E-state index in [0.717, 1.165) is 38.2 Å². The van der Waals surface area contributed by atoms with Crippen LogP contribution < -0.4 is 10.2 Å². The number of hydrogen-bond acceptors (Lipinski definition) is 4. The van der Waals surface area contributed by atoms with Crippen molar-refractivity contribution in [2.24, 2.45) is 0 Å². The summed E-state index contributed by atoms with van der Waals surface area (Å²) in [6.45, 7) is 4.44. The molecule has 0 spiro atoms. The first-order valence-corrected chi connectivity index (χ1v) is 7.53. The molecule has 1 aromatic carbocycles. The zero-order chi connectivity index (χ0) is 15.0. The topological polar surface area (TPSA) is 58.6 Å². The van der Waals surface area contributed by atoms with Gasteiger partial charge >= 0.3 is 0 Å². The number of rotatable bonds is 3. The van der Waals surface area contributed by atoms with Crippen molar-refractivity contribution in [1.82, 2.24) is 0 Å². The van der Waals surface area contributed by atoms with Gasteiger partial charge in [-0.05, 0) is 31.9 Å². The molecular weight excluding hydrogens is 292 g/mol. The van der Waals surface area contributed by atoms with E-state index in [0.29, 0.717) is 22.4 Å². The van der Waals surface area contributed by atoms with Crippen LogP contribution in [0.2, 0.25) is 5.02 Å². The van der Waals surface area contributed by atoms with Crippen LogP contribution in [0.5, 0.6) is 0 Å². The van der Waals surface area contributed by atoms with Gasteiger partial charge in [0.2, 0.25) is 0 Å². The predicted octanol–water partition coefficient (Wildman–Crippen LogP) is 2.48. The molecular formula is C15H17ClN2O3. The molecule has 2 aliphatic heterocycles. The minimum absolute atomic E-state index is 0.306. The molecule has 0 aliphatic carbocycles. The van der Waals surface area contributed by atoms with Crippen molar-refractivity contribution in [2.45, 2.75) is 25.9 Å². The first-order chi connectivity index (χ1) is 10.1. The number of hydrogen-bond donors (Lipinski definition) is 1. The van der Waals surface area contributed by atoms with Crippen LogP contribution in [0.1, 0.15) is 30.1 Å². The van der Waals surface area contributed by atoms with Gasteiger partial charge in [0, 0.05) is 19.7 Å². The van der Waals surface area contributed by atoms with E-state index in [-0.39, 0.29) is 0 Å². The van der Waals surface area contributed by atoms with E-state index in [4.69, 9.17) is 16.3 Å². The van der Waals surface area contributed by atoms with Crippen molar-refractivity contribution in [1.29, 1.82) is 0 Å². The second-order valence-electron chi connectivity index (χ2n) is 5.27. The number of Topliss-reactive ketones (excluding diaryl/α,β-unsaturated/α-hetero) is 1. The molecule has 21 heavy (non-hydrogen) atoms. The van der Waals surface area contributed by atoms with Crippen LogP contribution in [0.4, 0.5) is 11.4 Å². The monoisotopic (exact) mass is 308 g/mol. The van der Waals surface area contributed by atoms with Crippen LogP contribution >= 0.6 is 11.6 Å². The van der Waals surface area contributed by atoms with Gasteiger partial charge in [-0.25, -0.2) is 0 Å². The summed E-state index contributed by atoms with van der Waals surface area (Å²) in [6.07, 6.45) is 2.21. The molecule has 5 nitrogen and oxygen atoms in total. The number of piperidine rings is 1. The Balaban J connectivity index is 1.80. The highest BCUT2D eigenvalue weighted by atomic mass is 35.5. The van der Waals surface area contributed by atoms with Gasteiger partial charge < -0.3 is 15.0 Å². The molecule has 0 atom stereocenters. The third-order valence-corrected chi connectivity index (χ3v) is 4.27. The van der Waals surface area contributed by atoms with Crippen molar-refractivity contribution >= 4 is 34.7 Å². The molecule has 0 saturated carbocycles. The van der Waals surface area contributed by atoms with Crippen molar-refractivity contribution in [3.63, 3.8) is 0 Å². The molecule has 1 amide bonds. The van der Waals surface area contributed by atoms with Gasteiger partial charge in [-0.3, -0.25) is 9.59 Å². The molecule has 2 heterocycles. The number of amides is 1. The molecule has 0 aromatic heterocycles. The van der Waals surface area contributed by atoms with Crippen molar-refractivity contribution < 1.29 is 14.3 Å². The molecule has 1 aromatic rings. The molecule has 3 rings (SSSR count). The average molecular weight is 309 g/mol. The third-order valence-electron chi connectivity index (χ3n) is 3.97. The maximum atomic E-state index is 11.7. The zero-order valence-electron chi connectivity index (χ0n) is 11.8. The van der Waals surface area contributed by atoms with E-state index < -0.39 is 11.7 Å². The van der Waals surface area contributed by atoms with Gasteiger partial charge in [0.05, 0.1) is 28.1 Å². The second-order valence-corrected chi connectivity index (χ2v) is 5.68. The van der Waals surface area contributed by atoms with Crippen LogP contribution in [0.15, 0.2) is 12.1 Å². The number of benzene rings is 1. The first-order valence-electron chi connectivity index (χ1n) is 7.16. The Bertz CT molecular complexity index is 595. The van der Waals surface area contributed by atoms with Crippen LogP contribution in [0.25, 0.3) is 0 Å². The lowest BCUT2D eigenvalue weighted by atomic mass is 10.1. The summed E-state index contributed by atoms with van der Waals surface area (Å²) in [5.74, 6) is -1.11. The van der Waals surface area contributed by atoms with E-state index >= 15 is 0 Å². The first kappa shape index (κ1) is 14.4. The van der Waals surface area contributed by atoms with E-state index in [1.165, 1.54) is 0 Å². The lowest BCUT2D eigenvalue weighted by molar-refractivity contribution is -0.112. The largest absolute Gasteiger partial charge is 0.378 e. The van der Waals surface area contributed by atoms with E-state index in [1.54, 1.807) is 12.1 Å². The molecule has 112 valence electrons. The molecule has 1 N–H and O–H groups in total. The molecule has 1 fully saturated rings. The van der Waals surface area contributed by atoms with Crippen molar-refractivity contribution in [3.8, 4) is 0 Å². The minimum Gasteiger partial charge on any atom is -0.378 e. The number of ketones is 1. The van der Waals surface area contributed by atoms with Crippen LogP contribution in [0, 0.1) is 0 Å². The lowest BCUT2D eigenvalue weighted by Gasteiger charge is -2.34. The lowest BCUT2D eigenvalue weighted by Crippen LogP contribution is -2.37. The molecule has 0 radical (unpaired) electrons. The SMILES string of the molecule is CCOC1CCN(c2cc3c(cc2Cl)C(=O)C(=O)N3)CC1. The fourth-order valence-electron chi connectivity index (χ4n) is 2.90. The van der Waals surface area contributed by atoms with Gasteiger partial charge in [-0.15, -0.1) is 0 Å². The van der Waals surface area contributed by atoms with Gasteiger partial charge in [0.25, 0.3) is 11.7 Å². The molecule has 0 unspecified atom stereocenters. The number of halogens is 1. The highest BCUT2D eigenvalue weighted by Gasteiger charge is 2.30. The summed E-state index contributed by atoms with van der Waals surface area (Å²) in [5.41, 5.74) is 1.77. The summed E-state index contributed by atoms with van der Waals surface area (Å²) in [5, 5.41) is 3.09. The second kappa shape index (κ2) is 5.66. The molecule has 0 bridgehead atoms. The number of carbonyl (C=O) groups excluding carboxylic acids is 2. The van der Waals surface area contributed by atoms with Crippen LogP contribution in [-0.2, 0) is 9.53 Å². The summed E-state index contributed by atoms with van der Waals surface area (Å²) in [7, 11) is 0.